The molecule has 0 aliphatic heterocycles. The Kier molecular flexibility index (Phi) is 2.69. The lowest BCUT2D eigenvalue weighted by molar-refractivity contribution is 0.100. The minimum atomic E-state index is -0.510. The summed E-state index contributed by atoms with van der Waals surface area (Å²) in [5.41, 5.74) is 6.55. The first-order chi connectivity index (χ1) is 6.11. The highest BCUT2D eigenvalue weighted by molar-refractivity contribution is 7.14. The van der Waals surface area contributed by atoms with Crippen LogP contribution in [0.5, 0.6) is 0 Å². The van der Waals surface area contributed by atoms with E-state index in [1.54, 1.807) is 0 Å². The number of aryl methyl sites for hydroxylation is 1. The fourth-order valence-electron chi connectivity index (χ4n) is 1.30. The third kappa shape index (κ3) is 1.56. The van der Waals surface area contributed by atoms with E-state index < -0.39 is 5.91 Å². The van der Waals surface area contributed by atoms with Crippen LogP contribution >= 0.6 is 11.3 Å². The second-order valence-corrected chi connectivity index (χ2v) is 3.90. The Balaban J connectivity index is 3.40. The van der Waals surface area contributed by atoms with Crippen molar-refractivity contribution in [1.82, 2.24) is 0 Å². The normalized spacial score (nSPS) is 9.62. The van der Waals surface area contributed by atoms with Crippen molar-refractivity contribution in [1.29, 1.82) is 5.26 Å². The number of hydrogen-bond acceptors (Lipinski definition) is 3. The van der Waals surface area contributed by atoms with Crippen LogP contribution in [0.15, 0.2) is 0 Å². The van der Waals surface area contributed by atoms with E-state index in [2.05, 4.69) is 0 Å². The van der Waals surface area contributed by atoms with Crippen molar-refractivity contribution >= 4 is 17.2 Å². The molecule has 2 N–H and O–H groups in total. The van der Waals surface area contributed by atoms with Gasteiger partial charge in [0.25, 0.3) is 5.91 Å². The third-order valence-corrected chi connectivity index (χ3v) is 3.06. The van der Waals surface area contributed by atoms with E-state index in [0.717, 1.165) is 16.9 Å². The average molecular weight is 194 g/mol. The van der Waals surface area contributed by atoms with Gasteiger partial charge in [0.1, 0.15) is 10.9 Å². The molecule has 3 nitrogen and oxygen atoms in total. The number of nitriles is 1. The van der Waals surface area contributed by atoms with Gasteiger partial charge in [-0.05, 0) is 18.9 Å². The molecule has 0 spiro atoms. The number of carbonyl (C=O) groups is 1. The predicted molar refractivity (Wildman–Crippen MR) is 51.7 cm³/mol. The van der Waals surface area contributed by atoms with E-state index in [4.69, 9.17) is 11.0 Å². The van der Waals surface area contributed by atoms with Crippen LogP contribution in [-0.4, -0.2) is 5.91 Å². The molecule has 68 valence electrons. The number of nitrogens with zero attached hydrogens (tertiary/aromatic N) is 1. The zero-order chi connectivity index (χ0) is 10.0. The molecule has 0 aliphatic carbocycles. The van der Waals surface area contributed by atoms with Crippen molar-refractivity contribution in [2.75, 3.05) is 0 Å². The Morgan fingerprint density at radius 3 is 2.69 bits per heavy atom. The molecule has 4 heteroatoms. The number of carbonyl (C=O) groups excluding carboxylic acids is 1. The van der Waals surface area contributed by atoms with Gasteiger partial charge in [0.15, 0.2) is 0 Å². The highest BCUT2D eigenvalue weighted by Crippen LogP contribution is 2.27. The van der Waals surface area contributed by atoms with Crippen molar-refractivity contribution in [3.05, 3.63) is 20.9 Å². The van der Waals surface area contributed by atoms with Gasteiger partial charge in [-0.25, -0.2) is 0 Å². The fraction of sp³-hybridized carbons (Fsp3) is 0.333. The molecule has 0 radical (unpaired) electrons. The maximum atomic E-state index is 10.9. The van der Waals surface area contributed by atoms with Gasteiger partial charge in [-0.2, -0.15) is 5.26 Å². The summed E-state index contributed by atoms with van der Waals surface area (Å²) < 4.78 is 0. The molecule has 1 aromatic heterocycles. The van der Waals surface area contributed by atoms with Crippen LogP contribution in [0.4, 0.5) is 0 Å². The maximum absolute atomic E-state index is 10.9. The summed E-state index contributed by atoms with van der Waals surface area (Å²) in [5, 5.41) is 8.84. The van der Waals surface area contributed by atoms with Crippen LogP contribution < -0.4 is 5.73 Å². The number of rotatable bonds is 2. The number of nitrogens with two attached hydrogens (primary N) is 1. The summed E-state index contributed by atoms with van der Waals surface area (Å²) in [6.45, 7) is 3.86. The van der Waals surface area contributed by atoms with Gasteiger partial charge in [0, 0.05) is 4.88 Å². The zero-order valence-electron chi connectivity index (χ0n) is 7.55. The van der Waals surface area contributed by atoms with Crippen LogP contribution in [0.1, 0.15) is 32.6 Å². The van der Waals surface area contributed by atoms with Crippen molar-refractivity contribution in [2.45, 2.75) is 20.3 Å². The molecule has 1 amide bonds. The largest absolute Gasteiger partial charge is 0.365 e. The molecule has 1 aromatic rings. The highest BCUT2D eigenvalue weighted by Gasteiger charge is 2.17. The summed E-state index contributed by atoms with van der Waals surface area (Å²) >= 11 is 1.30. The molecule has 1 rings (SSSR count). The van der Waals surface area contributed by atoms with Gasteiger partial charge in [-0.15, -0.1) is 11.3 Å². The lowest BCUT2D eigenvalue weighted by atomic mass is 10.1. The predicted octanol–water partition coefficient (Wildman–Crippen LogP) is 1.59. The topological polar surface area (TPSA) is 66.9 Å². The number of primary amides is 1. The smallest absolute Gasteiger partial charge is 0.260 e. The molecule has 0 saturated carbocycles. The van der Waals surface area contributed by atoms with E-state index >= 15 is 0 Å². The van der Waals surface area contributed by atoms with Crippen LogP contribution in [0.2, 0.25) is 0 Å². The molecule has 0 saturated heterocycles. The summed E-state index contributed by atoms with van der Waals surface area (Å²) in [4.78, 5) is 12.3. The van der Waals surface area contributed by atoms with Gasteiger partial charge in [0.2, 0.25) is 0 Å². The number of hydrogen-bond donors (Lipinski definition) is 1. The lowest BCUT2D eigenvalue weighted by Crippen LogP contribution is -2.10. The third-order valence-electron chi connectivity index (χ3n) is 1.90. The SMILES string of the molecule is CCc1c(C)sc(C(N)=O)c1C#N. The maximum Gasteiger partial charge on any atom is 0.260 e. The van der Waals surface area contributed by atoms with E-state index in [0.29, 0.717) is 10.4 Å². The first-order valence-electron chi connectivity index (χ1n) is 3.94. The molecule has 0 aliphatic rings. The Morgan fingerprint density at radius 1 is 1.69 bits per heavy atom. The molecule has 0 bridgehead atoms. The second-order valence-electron chi connectivity index (χ2n) is 2.67. The zero-order valence-corrected chi connectivity index (χ0v) is 8.36. The van der Waals surface area contributed by atoms with E-state index in [-0.39, 0.29) is 0 Å². The molecule has 1 heterocycles. The first-order valence-corrected chi connectivity index (χ1v) is 4.75. The summed E-state index contributed by atoms with van der Waals surface area (Å²) in [6.07, 6.45) is 0.762. The Morgan fingerprint density at radius 2 is 2.31 bits per heavy atom. The van der Waals surface area contributed by atoms with Crippen molar-refractivity contribution < 1.29 is 4.79 Å². The van der Waals surface area contributed by atoms with Crippen LogP contribution in [0, 0.1) is 18.3 Å². The molecule has 0 unspecified atom stereocenters. The minimum Gasteiger partial charge on any atom is -0.365 e. The molecule has 0 atom stereocenters. The van der Waals surface area contributed by atoms with E-state index in [9.17, 15) is 4.79 Å². The van der Waals surface area contributed by atoms with Crippen molar-refractivity contribution in [3.8, 4) is 6.07 Å². The van der Waals surface area contributed by atoms with Crippen molar-refractivity contribution in [2.24, 2.45) is 5.73 Å². The highest BCUT2D eigenvalue weighted by atomic mass is 32.1. The summed E-state index contributed by atoms with van der Waals surface area (Å²) in [6, 6.07) is 2.03. The van der Waals surface area contributed by atoms with Gasteiger partial charge in [-0.1, -0.05) is 6.92 Å². The van der Waals surface area contributed by atoms with E-state index in [1.165, 1.54) is 11.3 Å². The molecule has 0 fully saturated rings. The molecular formula is C9H10N2OS. The number of thiophene rings is 1. The minimum absolute atomic E-state index is 0.386. The van der Waals surface area contributed by atoms with E-state index in [1.807, 2.05) is 19.9 Å². The Labute approximate surface area is 80.8 Å². The Hall–Kier alpha value is -1.34. The molecular weight excluding hydrogens is 184 g/mol. The van der Waals surface area contributed by atoms with Gasteiger partial charge < -0.3 is 5.73 Å². The van der Waals surface area contributed by atoms with Crippen LogP contribution in [-0.2, 0) is 6.42 Å². The summed E-state index contributed by atoms with van der Waals surface area (Å²) in [7, 11) is 0. The monoisotopic (exact) mass is 194 g/mol. The van der Waals surface area contributed by atoms with Crippen molar-refractivity contribution in [3.63, 3.8) is 0 Å². The van der Waals surface area contributed by atoms with Crippen LogP contribution in [0.25, 0.3) is 0 Å². The van der Waals surface area contributed by atoms with Gasteiger partial charge in [-0.3, -0.25) is 4.79 Å². The van der Waals surface area contributed by atoms with Gasteiger partial charge in [0.05, 0.1) is 5.56 Å². The summed E-state index contributed by atoms with van der Waals surface area (Å²) in [5.74, 6) is -0.510. The standard InChI is InChI=1S/C9H10N2OS/c1-3-6-5(2)13-8(9(11)12)7(6)4-10/h3H2,1-2H3,(H2,11,12). The second kappa shape index (κ2) is 3.58. The lowest BCUT2D eigenvalue weighted by Gasteiger charge is -1.93. The fourth-order valence-corrected chi connectivity index (χ4v) is 2.34. The van der Waals surface area contributed by atoms with Crippen LogP contribution in [0.3, 0.4) is 0 Å². The van der Waals surface area contributed by atoms with Gasteiger partial charge >= 0.3 is 0 Å². The Bertz CT molecular complexity index is 387. The molecule has 0 aromatic carbocycles. The first kappa shape index (κ1) is 9.75. The quantitative estimate of drug-likeness (QED) is 0.776. The average Bonchev–Trinajstić information content (AvgIpc) is 2.41. The molecule has 13 heavy (non-hydrogen) atoms. The number of amides is 1.